The normalized spacial score (nSPS) is 20.5. The van der Waals surface area contributed by atoms with E-state index < -0.39 is 6.36 Å². The van der Waals surface area contributed by atoms with Crippen molar-refractivity contribution in [1.82, 2.24) is 4.98 Å². The Balaban J connectivity index is 1.73. The Bertz CT molecular complexity index is 665. The summed E-state index contributed by atoms with van der Waals surface area (Å²) in [5.74, 6) is 0.0766. The fourth-order valence-electron chi connectivity index (χ4n) is 2.37. The van der Waals surface area contributed by atoms with E-state index in [0.717, 1.165) is 18.3 Å². The van der Waals surface area contributed by atoms with Crippen molar-refractivity contribution in [3.05, 3.63) is 48.2 Å². The van der Waals surface area contributed by atoms with Crippen LogP contribution in [0.3, 0.4) is 0 Å². The zero-order valence-electron chi connectivity index (χ0n) is 11.4. The van der Waals surface area contributed by atoms with Crippen LogP contribution in [0.1, 0.15) is 17.9 Å². The zero-order chi connectivity index (χ0) is 15.7. The van der Waals surface area contributed by atoms with E-state index in [1.54, 1.807) is 12.3 Å². The summed E-state index contributed by atoms with van der Waals surface area (Å²) in [5.41, 5.74) is 2.37. The minimum absolute atomic E-state index is 0.0893. The first-order valence-corrected chi connectivity index (χ1v) is 6.74. The maximum absolute atomic E-state index is 12.1. The largest absolute Gasteiger partial charge is 0.573 e. The maximum Gasteiger partial charge on any atom is 0.573 e. The van der Waals surface area contributed by atoms with Crippen molar-refractivity contribution < 1.29 is 22.7 Å². The van der Waals surface area contributed by atoms with Crippen LogP contribution < -0.4 is 4.74 Å². The number of nitrogens with zero attached hydrogens (tertiary/aromatic N) is 1. The van der Waals surface area contributed by atoms with Crippen molar-refractivity contribution in [2.24, 2.45) is 5.92 Å². The van der Waals surface area contributed by atoms with E-state index in [-0.39, 0.29) is 17.6 Å². The van der Waals surface area contributed by atoms with Crippen molar-refractivity contribution in [2.45, 2.75) is 18.7 Å². The highest BCUT2D eigenvalue weighted by atomic mass is 19.4. The molecule has 0 spiro atoms. The fraction of sp³-hybridized carbons (Fsp3) is 0.250. The van der Waals surface area contributed by atoms with Gasteiger partial charge in [-0.3, -0.25) is 4.98 Å². The number of ether oxygens (including phenoxy) is 1. The summed E-state index contributed by atoms with van der Waals surface area (Å²) in [6, 6.07) is 9.25. The standard InChI is InChI=1S/C16H12F3NO2/c17-16(18,19)22-13-4-1-10(2-5-13)15-6-3-11(8-20-15)14-7-12(14)9-21/h1-6,8-9,12,14H,7H2. The molecule has 0 amide bonds. The third-order valence-electron chi connectivity index (χ3n) is 3.61. The number of carbonyl (C=O) groups is 1. The number of pyridine rings is 1. The summed E-state index contributed by atoms with van der Waals surface area (Å²) in [6.07, 6.45) is -1.17. The predicted molar refractivity (Wildman–Crippen MR) is 73.3 cm³/mol. The number of alkyl halides is 3. The van der Waals surface area contributed by atoms with Crippen molar-refractivity contribution in [1.29, 1.82) is 0 Å². The smallest absolute Gasteiger partial charge is 0.406 e. The molecule has 1 aliphatic carbocycles. The van der Waals surface area contributed by atoms with Crippen LogP contribution in [-0.2, 0) is 4.79 Å². The van der Waals surface area contributed by atoms with Gasteiger partial charge in [0.05, 0.1) is 5.69 Å². The van der Waals surface area contributed by atoms with Crippen molar-refractivity contribution in [3.63, 3.8) is 0 Å². The van der Waals surface area contributed by atoms with Crippen LogP contribution in [-0.4, -0.2) is 17.6 Å². The number of hydrogen-bond acceptors (Lipinski definition) is 3. The van der Waals surface area contributed by atoms with Crippen LogP contribution in [0.25, 0.3) is 11.3 Å². The second kappa shape index (κ2) is 5.44. The molecule has 1 fully saturated rings. The maximum atomic E-state index is 12.1. The van der Waals surface area contributed by atoms with Gasteiger partial charge in [0.25, 0.3) is 0 Å². The summed E-state index contributed by atoms with van der Waals surface area (Å²) in [4.78, 5) is 15.0. The summed E-state index contributed by atoms with van der Waals surface area (Å²) in [7, 11) is 0. The third-order valence-corrected chi connectivity index (χ3v) is 3.61. The van der Waals surface area contributed by atoms with Crippen LogP contribution in [0.15, 0.2) is 42.6 Å². The molecular formula is C16H12F3NO2. The quantitative estimate of drug-likeness (QED) is 0.803. The van der Waals surface area contributed by atoms with Gasteiger partial charge in [0.15, 0.2) is 0 Å². The lowest BCUT2D eigenvalue weighted by Crippen LogP contribution is -2.16. The highest BCUT2D eigenvalue weighted by Crippen LogP contribution is 2.45. The average molecular weight is 307 g/mol. The number of hydrogen-bond donors (Lipinski definition) is 0. The lowest BCUT2D eigenvalue weighted by Gasteiger charge is -2.09. The molecule has 1 heterocycles. The van der Waals surface area contributed by atoms with Crippen molar-refractivity contribution in [2.75, 3.05) is 0 Å². The molecule has 0 bridgehead atoms. The summed E-state index contributed by atoms with van der Waals surface area (Å²) < 4.78 is 40.1. The Morgan fingerprint density at radius 2 is 1.86 bits per heavy atom. The molecule has 0 radical (unpaired) electrons. The summed E-state index contributed by atoms with van der Waals surface area (Å²) in [5, 5.41) is 0. The van der Waals surface area contributed by atoms with E-state index in [9.17, 15) is 18.0 Å². The molecule has 2 unspecified atom stereocenters. The molecule has 2 aromatic rings. The molecule has 1 aromatic carbocycles. The van der Waals surface area contributed by atoms with Crippen LogP contribution in [0.5, 0.6) is 5.75 Å². The van der Waals surface area contributed by atoms with E-state index >= 15 is 0 Å². The summed E-state index contributed by atoms with van der Waals surface area (Å²) in [6.45, 7) is 0. The summed E-state index contributed by atoms with van der Waals surface area (Å²) >= 11 is 0. The molecule has 2 atom stereocenters. The Labute approximate surface area is 124 Å². The van der Waals surface area contributed by atoms with Gasteiger partial charge in [-0.25, -0.2) is 0 Å². The van der Waals surface area contributed by atoms with Gasteiger partial charge in [-0.2, -0.15) is 0 Å². The number of benzene rings is 1. The minimum Gasteiger partial charge on any atom is -0.406 e. The van der Waals surface area contributed by atoms with Gasteiger partial charge in [-0.15, -0.1) is 13.2 Å². The van der Waals surface area contributed by atoms with Crippen LogP contribution in [0, 0.1) is 5.92 Å². The molecular weight excluding hydrogens is 295 g/mol. The number of aldehydes is 1. The molecule has 0 saturated heterocycles. The first kappa shape index (κ1) is 14.6. The fourth-order valence-corrected chi connectivity index (χ4v) is 2.37. The molecule has 114 valence electrons. The SMILES string of the molecule is O=CC1CC1c1ccc(-c2ccc(OC(F)(F)F)cc2)nc1. The van der Waals surface area contributed by atoms with Crippen LogP contribution in [0.4, 0.5) is 13.2 Å². The Morgan fingerprint density at radius 1 is 1.14 bits per heavy atom. The van der Waals surface area contributed by atoms with Gasteiger partial charge >= 0.3 is 6.36 Å². The van der Waals surface area contributed by atoms with Gasteiger partial charge < -0.3 is 9.53 Å². The molecule has 1 saturated carbocycles. The first-order chi connectivity index (χ1) is 10.5. The first-order valence-electron chi connectivity index (χ1n) is 6.74. The number of rotatable bonds is 4. The molecule has 3 rings (SSSR count). The Kier molecular flexibility index (Phi) is 3.60. The number of aromatic nitrogens is 1. The predicted octanol–water partition coefficient (Wildman–Crippen LogP) is 3.95. The second-order valence-corrected chi connectivity index (χ2v) is 5.19. The second-order valence-electron chi connectivity index (χ2n) is 5.19. The number of halogens is 3. The Morgan fingerprint density at radius 3 is 2.36 bits per heavy atom. The van der Waals surface area contributed by atoms with Gasteiger partial charge in [0.2, 0.25) is 0 Å². The van der Waals surface area contributed by atoms with Gasteiger partial charge in [0, 0.05) is 17.7 Å². The van der Waals surface area contributed by atoms with E-state index in [0.29, 0.717) is 11.3 Å². The minimum atomic E-state index is -4.69. The van der Waals surface area contributed by atoms with E-state index in [4.69, 9.17) is 0 Å². The molecule has 6 heteroatoms. The number of carbonyl (C=O) groups excluding carboxylic acids is 1. The van der Waals surface area contributed by atoms with Crippen molar-refractivity contribution >= 4 is 6.29 Å². The molecule has 0 aliphatic heterocycles. The van der Waals surface area contributed by atoms with Crippen LogP contribution >= 0.6 is 0 Å². The highest BCUT2D eigenvalue weighted by Gasteiger charge is 2.38. The van der Waals surface area contributed by atoms with E-state index in [1.165, 1.54) is 24.3 Å². The van der Waals surface area contributed by atoms with Gasteiger partial charge in [-0.05, 0) is 48.2 Å². The van der Waals surface area contributed by atoms with Crippen molar-refractivity contribution in [3.8, 4) is 17.0 Å². The van der Waals surface area contributed by atoms with Gasteiger partial charge in [0.1, 0.15) is 12.0 Å². The molecule has 3 nitrogen and oxygen atoms in total. The molecule has 1 aromatic heterocycles. The lowest BCUT2D eigenvalue weighted by molar-refractivity contribution is -0.274. The topological polar surface area (TPSA) is 39.2 Å². The van der Waals surface area contributed by atoms with E-state index in [1.807, 2.05) is 6.07 Å². The van der Waals surface area contributed by atoms with Crippen LogP contribution in [0.2, 0.25) is 0 Å². The average Bonchev–Trinajstić information content (AvgIpc) is 3.26. The highest BCUT2D eigenvalue weighted by molar-refractivity contribution is 5.63. The lowest BCUT2D eigenvalue weighted by atomic mass is 10.1. The zero-order valence-corrected chi connectivity index (χ0v) is 11.4. The third kappa shape index (κ3) is 3.27. The molecule has 1 aliphatic rings. The molecule has 22 heavy (non-hydrogen) atoms. The molecule has 0 N–H and O–H groups in total. The van der Waals surface area contributed by atoms with Gasteiger partial charge in [-0.1, -0.05) is 6.07 Å². The Hall–Kier alpha value is -2.37. The monoisotopic (exact) mass is 307 g/mol. The van der Waals surface area contributed by atoms with E-state index in [2.05, 4.69) is 9.72 Å².